The second-order valence-corrected chi connectivity index (χ2v) is 7.16. The van der Waals surface area contributed by atoms with Crippen LogP contribution in [0.3, 0.4) is 0 Å². The molecule has 2 heterocycles. The smallest absolute Gasteiger partial charge is 0.341 e. The van der Waals surface area contributed by atoms with Crippen LogP contribution in [0.5, 0.6) is 0 Å². The molecular formula is C21H22N2O4S. The first-order valence-corrected chi connectivity index (χ1v) is 9.83. The number of rotatable bonds is 8. The van der Waals surface area contributed by atoms with E-state index < -0.39 is 5.97 Å². The van der Waals surface area contributed by atoms with E-state index in [4.69, 9.17) is 9.15 Å². The molecule has 0 saturated carbocycles. The van der Waals surface area contributed by atoms with Crippen molar-refractivity contribution in [2.75, 3.05) is 18.5 Å². The minimum absolute atomic E-state index is 0.0860. The zero-order valence-corrected chi connectivity index (χ0v) is 16.5. The molecule has 6 nitrogen and oxygen atoms in total. The number of ether oxygens (including phenoxy) is 1. The van der Waals surface area contributed by atoms with Crippen LogP contribution in [0.2, 0.25) is 0 Å². The Labute approximate surface area is 167 Å². The van der Waals surface area contributed by atoms with Crippen molar-refractivity contribution in [3.05, 3.63) is 66.1 Å². The zero-order valence-electron chi connectivity index (χ0n) is 15.7. The van der Waals surface area contributed by atoms with Crippen LogP contribution >= 0.6 is 11.3 Å². The van der Waals surface area contributed by atoms with Gasteiger partial charge in [-0.05, 0) is 37.6 Å². The molecule has 3 aromatic rings. The van der Waals surface area contributed by atoms with Crippen LogP contribution < -0.4 is 10.6 Å². The normalized spacial score (nSPS) is 11.8. The van der Waals surface area contributed by atoms with Crippen molar-refractivity contribution >= 4 is 28.2 Å². The quantitative estimate of drug-likeness (QED) is 0.547. The first-order valence-electron chi connectivity index (χ1n) is 9.01. The van der Waals surface area contributed by atoms with Gasteiger partial charge in [0, 0.05) is 4.88 Å². The average molecular weight is 398 g/mol. The molecule has 2 aromatic heterocycles. The molecular weight excluding hydrogens is 376 g/mol. The molecule has 0 aliphatic carbocycles. The number of hydrogen-bond acceptors (Lipinski definition) is 6. The van der Waals surface area contributed by atoms with Gasteiger partial charge in [-0.1, -0.05) is 30.3 Å². The molecule has 0 aliphatic heterocycles. The summed E-state index contributed by atoms with van der Waals surface area (Å²) >= 11 is 1.35. The van der Waals surface area contributed by atoms with Crippen LogP contribution in [-0.4, -0.2) is 25.0 Å². The maximum absolute atomic E-state index is 12.4. The molecule has 146 valence electrons. The molecule has 2 N–H and O–H groups in total. The van der Waals surface area contributed by atoms with Crippen molar-refractivity contribution in [2.45, 2.75) is 19.9 Å². The Kier molecular flexibility index (Phi) is 6.62. The van der Waals surface area contributed by atoms with Crippen LogP contribution in [-0.2, 0) is 9.53 Å². The summed E-state index contributed by atoms with van der Waals surface area (Å²) in [6, 6.07) is 15.0. The van der Waals surface area contributed by atoms with E-state index in [2.05, 4.69) is 10.6 Å². The molecule has 0 unspecified atom stereocenters. The van der Waals surface area contributed by atoms with E-state index in [1.54, 1.807) is 25.3 Å². The van der Waals surface area contributed by atoms with E-state index in [0.29, 0.717) is 10.6 Å². The third-order valence-corrected chi connectivity index (χ3v) is 5.18. The lowest BCUT2D eigenvalue weighted by Crippen LogP contribution is -2.30. The molecule has 0 fully saturated rings. The summed E-state index contributed by atoms with van der Waals surface area (Å²) in [5, 5.41) is 6.41. The Bertz CT molecular complexity index is 919. The van der Waals surface area contributed by atoms with Crippen LogP contribution in [0.15, 0.2) is 59.2 Å². The molecule has 1 aromatic carbocycles. The monoisotopic (exact) mass is 398 g/mol. The number of nitrogens with one attached hydrogen (secondary N) is 2. The van der Waals surface area contributed by atoms with Gasteiger partial charge in [0.15, 0.2) is 0 Å². The predicted molar refractivity (Wildman–Crippen MR) is 109 cm³/mol. The lowest BCUT2D eigenvalue weighted by molar-refractivity contribution is -0.115. The van der Waals surface area contributed by atoms with Crippen molar-refractivity contribution in [3.63, 3.8) is 0 Å². The van der Waals surface area contributed by atoms with E-state index in [1.165, 1.54) is 11.3 Å². The molecule has 0 saturated heterocycles. The van der Waals surface area contributed by atoms with Gasteiger partial charge in [0.2, 0.25) is 5.91 Å². The summed E-state index contributed by atoms with van der Waals surface area (Å²) in [6.45, 7) is 4.02. The summed E-state index contributed by atoms with van der Waals surface area (Å²) in [5.74, 6) is 0.0565. The Morgan fingerprint density at radius 1 is 1.18 bits per heavy atom. The van der Waals surface area contributed by atoms with Gasteiger partial charge in [-0.25, -0.2) is 4.79 Å². The van der Waals surface area contributed by atoms with Crippen molar-refractivity contribution in [1.29, 1.82) is 0 Å². The maximum atomic E-state index is 12.4. The standard InChI is InChI=1S/C21H22N2O4S/c1-3-26-21(25)16-12-18(15-8-5-4-6-9-15)28-20(16)23-19(24)13-22-14(2)17-10-7-11-27-17/h4-12,14,22H,3,13H2,1-2H3,(H,23,24)/t14-/m0/s1. The topological polar surface area (TPSA) is 80.6 Å². The van der Waals surface area contributed by atoms with Crippen molar-refractivity contribution in [1.82, 2.24) is 5.32 Å². The van der Waals surface area contributed by atoms with Crippen molar-refractivity contribution in [3.8, 4) is 10.4 Å². The van der Waals surface area contributed by atoms with Gasteiger partial charge in [0.1, 0.15) is 10.8 Å². The molecule has 0 aliphatic rings. The minimum atomic E-state index is -0.451. The van der Waals surface area contributed by atoms with Crippen molar-refractivity contribution < 1.29 is 18.7 Å². The fourth-order valence-electron chi connectivity index (χ4n) is 2.64. The van der Waals surface area contributed by atoms with E-state index in [0.717, 1.165) is 16.2 Å². The van der Waals surface area contributed by atoms with Gasteiger partial charge in [-0.15, -0.1) is 11.3 Å². The molecule has 28 heavy (non-hydrogen) atoms. The second kappa shape index (κ2) is 9.34. The van der Waals surface area contributed by atoms with Crippen LogP contribution in [0.4, 0.5) is 5.00 Å². The second-order valence-electron chi connectivity index (χ2n) is 6.11. The largest absolute Gasteiger partial charge is 0.468 e. The summed E-state index contributed by atoms with van der Waals surface area (Å²) in [6.07, 6.45) is 1.59. The highest BCUT2D eigenvalue weighted by Crippen LogP contribution is 2.35. The summed E-state index contributed by atoms with van der Waals surface area (Å²) in [4.78, 5) is 25.6. The predicted octanol–water partition coefficient (Wildman–Crippen LogP) is 4.47. The number of amides is 1. The van der Waals surface area contributed by atoms with E-state index in [9.17, 15) is 9.59 Å². The number of benzene rings is 1. The van der Waals surface area contributed by atoms with Crippen LogP contribution in [0.1, 0.15) is 36.0 Å². The van der Waals surface area contributed by atoms with Gasteiger partial charge in [0.05, 0.1) is 31.0 Å². The number of anilines is 1. The number of esters is 1. The van der Waals surface area contributed by atoms with E-state index >= 15 is 0 Å². The fraction of sp³-hybridized carbons (Fsp3) is 0.238. The first-order chi connectivity index (χ1) is 13.6. The number of hydrogen-bond donors (Lipinski definition) is 2. The zero-order chi connectivity index (χ0) is 19.9. The molecule has 0 bridgehead atoms. The molecule has 3 rings (SSSR count). The van der Waals surface area contributed by atoms with Crippen LogP contribution in [0, 0.1) is 0 Å². The average Bonchev–Trinajstić information content (AvgIpc) is 3.37. The fourth-order valence-corrected chi connectivity index (χ4v) is 3.71. The molecule has 0 radical (unpaired) electrons. The van der Waals surface area contributed by atoms with Crippen molar-refractivity contribution in [2.24, 2.45) is 0 Å². The number of carbonyl (C=O) groups excluding carboxylic acids is 2. The molecule has 1 atom stereocenters. The lowest BCUT2D eigenvalue weighted by atomic mass is 10.1. The Morgan fingerprint density at radius 3 is 2.64 bits per heavy atom. The van der Waals surface area contributed by atoms with E-state index in [1.807, 2.05) is 43.3 Å². The third kappa shape index (κ3) is 4.88. The maximum Gasteiger partial charge on any atom is 0.341 e. The summed E-state index contributed by atoms with van der Waals surface area (Å²) in [7, 11) is 0. The SMILES string of the molecule is CCOC(=O)c1cc(-c2ccccc2)sc1NC(=O)CN[C@@H](C)c1ccco1. The number of furan rings is 1. The highest BCUT2D eigenvalue weighted by Gasteiger charge is 2.20. The molecule has 0 spiro atoms. The Morgan fingerprint density at radius 2 is 1.96 bits per heavy atom. The van der Waals surface area contributed by atoms with Gasteiger partial charge in [-0.3, -0.25) is 10.1 Å². The highest BCUT2D eigenvalue weighted by atomic mass is 32.1. The number of thiophene rings is 1. The Hall–Kier alpha value is -2.90. The van der Waals surface area contributed by atoms with Crippen LogP contribution in [0.25, 0.3) is 10.4 Å². The summed E-state index contributed by atoms with van der Waals surface area (Å²) in [5.41, 5.74) is 1.33. The van der Waals surface area contributed by atoms with Gasteiger partial charge in [0.25, 0.3) is 0 Å². The molecule has 7 heteroatoms. The van der Waals surface area contributed by atoms with Gasteiger partial charge >= 0.3 is 5.97 Å². The summed E-state index contributed by atoms with van der Waals surface area (Å²) < 4.78 is 10.5. The number of carbonyl (C=O) groups is 2. The molecule has 1 amide bonds. The van der Waals surface area contributed by atoms with Gasteiger partial charge < -0.3 is 14.5 Å². The van der Waals surface area contributed by atoms with Gasteiger partial charge in [-0.2, -0.15) is 0 Å². The third-order valence-electron chi connectivity index (χ3n) is 4.08. The first kappa shape index (κ1) is 19.9. The van der Waals surface area contributed by atoms with E-state index in [-0.39, 0.29) is 25.1 Å². The highest BCUT2D eigenvalue weighted by molar-refractivity contribution is 7.20. The Balaban J connectivity index is 1.73. The minimum Gasteiger partial charge on any atom is -0.468 e. The lowest BCUT2D eigenvalue weighted by Gasteiger charge is -2.11.